The largest absolute Gasteiger partial charge is 0.334 e. The van der Waals surface area contributed by atoms with Crippen molar-refractivity contribution in [1.29, 1.82) is 0 Å². The number of rotatable bonds is 1. The van der Waals surface area contributed by atoms with Crippen LogP contribution in [0.15, 0.2) is 23.8 Å². The summed E-state index contributed by atoms with van der Waals surface area (Å²) in [6.07, 6.45) is 2.72. The smallest absolute Gasteiger partial charge is 0.254 e. The van der Waals surface area contributed by atoms with Crippen LogP contribution in [-0.4, -0.2) is 23.9 Å². The maximum absolute atomic E-state index is 13.0. The first-order valence-corrected chi connectivity index (χ1v) is 5.58. The molecule has 1 amide bonds. The molecule has 0 unspecified atom stereocenters. The Bertz CT molecular complexity index is 502. The summed E-state index contributed by atoms with van der Waals surface area (Å²) in [6.45, 7) is 2.81. The lowest BCUT2D eigenvalue weighted by Gasteiger charge is -2.26. The highest BCUT2D eigenvalue weighted by Gasteiger charge is 2.21. The van der Waals surface area contributed by atoms with Gasteiger partial charge in [-0.05, 0) is 25.5 Å². The molecule has 1 aliphatic heterocycles. The van der Waals surface area contributed by atoms with Crippen molar-refractivity contribution >= 4 is 5.91 Å². The van der Waals surface area contributed by atoms with E-state index in [0.717, 1.165) is 17.7 Å². The molecule has 0 fully saturated rings. The molecule has 1 aromatic rings. The first-order valence-electron chi connectivity index (χ1n) is 5.58. The van der Waals surface area contributed by atoms with E-state index in [0.29, 0.717) is 19.5 Å². The Kier molecular flexibility index (Phi) is 3.41. The molecule has 0 aliphatic carbocycles. The molecule has 18 heavy (non-hydrogen) atoms. The molecule has 1 heterocycles. The molecule has 0 saturated heterocycles. The van der Waals surface area contributed by atoms with Crippen LogP contribution in [0.3, 0.4) is 0 Å². The van der Waals surface area contributed by atoms with Crippen LogP contribution in [0.2, 0.25) is 0 Å². The van der Waals surface area contributed by atoms with Crippen molar-refractivity contribution in [1.82, 2.24) is 4.90 Å². The van der Waals surface area contributed by atoms with Gasteiger partial charge < -0.3 is 4.90 Å². The molecule has 0 spiro atoms. The molecule has 0 N–H and O–H groups in total. The fourth-order valence-corrected chi connectivity index (χ4v) is 1.95. The standard InChI is InChI=1S/C13H12F3NO/c1-8-3-2-4-17(7-8)13(18)9-5-10(14)12(16)11(15)6-9/h3,5-6H,2,4,7H2,1H3. The van der Waals surface area contributed by atoms with E-state index in [1.807, 2.05) is 13.0 Å². The summed E-state index contributed by atoms with van der Waals surface area (Å²) in [6, 6.07) is 1.46. The van der Waals surface area contributed by atoms with Crippen molar-refractivity contribution < 1.29 is 18.0 Å². The highest BCUT2D eigenvalue weighted by molar-refractivity contribution is 5.94. The lowest BCUT2D eigenvalue weighted by Crippen LogP contribution is -2.35. The van der Waals surface area contributed by atoms with Gasteiger partial charge in [0.2, 0.25) is 0 Å². The van der Waals surface area contributed by atoms with Gasteiger partial charge in [0.25, 0.3) is 5.91 Å². The fraction of sp³-hybridized carbons (Fsp3) is 0.308. The van der Waals surface area contributed by atoms with Crippen LogP contribution in [0.5, 0.6) is 0 Å². The van der Waals surface area contributed by atoms with Gasteiger partial charge in [-0.2, -0.15) is 0 Å². The number of hydrogen-bond acceptors (Lipinski definition) is 1. The molecule has 5 heteroatoms. The minimum Gasteiger partial charge on any atom is -0.334 e. The maximum Gasteiger partial charge on any atom is 0.254 e. The molecule has 96 valence electrons. The van der Waals surface area contributed by atoms with E-state index < -0.39 is 23.4 Å². The van der Waals surface area contributed by atoms with Crippen LogP contribution in [0.1, 0.15) is 23.7 Å². The highest BCUT2D eigenvalue weighted by atomic mass is 19.2. The molecule has 2 rings (SSSR count). The Morgan fingerprint density at radius 1 is 1.22 bits per heavy atom. The third-order valence-corrected chi connectivity index (χ3v) is 2.85. The van der Waals surface area contributed by atoms with E-state index in [4.69, 9.17) is 0 Å². The van der Waals surface area contributed by atoms with Gasteiger partial charge in [0.1, 0.15) is 0 Å². The zero-order chi connectivity index (χ0) is 13.3. The lowest BCUT2D eigenvalue weighted by atomic mass is 10.1. The summed E-state index contributed by atoms with van der Waals surface area (Å²) in [7, 11) is 0. The normalized spacial score (nSPS) is 15.6. The number of amides is 1. The molecule has 1 aromatic carbocycles. The van der Waals surface area contributed by atoms with E-state index in [-0.39, 0.29) is 5.56 Å². The number of benzene rings is 1. The Morgan fingerprint density at radius 3 is 2.39 bits per heavy atom. The lowest BCUT2D eigenvalue weighted by molar-refractivity contribution is 0.0764. The third-order valence-electron chi connectivity index (χ3n) is 2.85. The summed E-state index contributed by atoms with van der Waals surface area (Å²) >= 11 is 0. The third kappa shape index (κ3) is 2.39. The van der Waals surface area contributed by atoms with Gasteiger partial charge in [0.05, 0.1) is 0 Å². The van der Waals surface area contributed by atoms with Gasteiger partial charge in [-0.15, -0.1) is 0 Å². The average Bonchev–Trinajstić information content (AvgIpc) is 2.34. The van der Waals surface area contributed by atoms with Gasteiger partial charge in [0, 0.05) is 18.7 Å². The minimum atomic E-state index is -1.55. The Labute approximate surface area is 103 Å². The second-order valence-corrected chi connectivity index (χ2v) is 4.32. The molecule has 0 aromatic heterocycles. The first kappa shape index (κ1) is 12.7. The summed E-state index contributed by atoms with van der Waals surface area (Å²) < 4.78 is 38.9. The van der Waals surface area contributed by atoms with Crippen LogP contribution in [-0.2, 0) is 0 Å². The molecular formula is C13H12F3NO. The number of carbonyl (C=O) groups is 1. The van der Waals surface area contributed by atoms with Gasteiger partial charge in [-0.3, -0.25) is 4.79 Å². The second kappa shape index (κ2) is 4.84. The van der Waals surface area contributed by atoms with Crippen molar-refractivity contribution in [3.05, 3.63) is 46.8 Å². The van der Waals surface area contributed by atoms with E-state index in [1.54, 1.807) is 0 Å². The molecule has 0 atom stereocenters. The van der Waals surface area contributed by atoms with E-state index >= 15 is 0 Å². The van der Waals surface area contributed by atoms with Crippen LogP contribution in [0, 0.1) is 17.5 Å². The number of carbonyl (C=O) groups excluding carboxylic acids is 1. The topological polar surface area (TPSA) is 20.3 Å². The Morgan fingerprint density at radius 2 is 1.83 bits per heavy atom. The predicted octanol–water partition coefficient (Wildman–Crippen LogP) is 2.90. The summed E-state index contributed by atoms with van der Waals surface area (Å²) in [4.78, 5) is 13.5. The van der Waals surface area contributed by atoms with Crippen molar-refractivity contribution in [2.45, 2.75) is 13.3 Å². The van der Waals surface area contributed by atoms with Crippen molar-refractivity contribution in [3.63, 3.8) is 0 Å². The number of halogens is 3. The molecule has 1 aliphatic rings. The predicted molar refractivity (Wildman–Crippen MR) is 60.6 cm³/mol. The number of hydrogen-bond donors (Lipinski definition) is 0. The number of nitrogens with zero attached hydrogens (tertiary/aromatic N) is 1. The summed E-state index contributed by atoms with van der Waals surface area (Å²) in [5, 5.41) is 0. The van der Waals surface area contributed by atoms with Gasteiger partial charge in [-0.1, -0.05) is 11.6 Å². The minimum absolute atomic E-state index is 0.166. The fourth-order valence-electron chi connectivity index (χ4n) is 1.95. The monoisotopic (exact) mass is 255 g/mol. The van der Waals surface area contributed by atoms with Gasteiger partial charge in [0.15, 0.2) is 17.5 Å². The van der Waals surface area contributed by atoms with Crippen LogP contribution >= 0.6 is 0 Å². The second-order valence-electron chi connectivity index (χ2n) is 4.32. The van der Waals surface area contributed by atoms with Gasteiger partial charge >= 0.3 is 0 Å². The summed E-state index contributed by atoms with van der Waals surface area (Å²) in [5.74, 6) is -4.73. The molecule has 0 saturated carbocycles. The van der Waals surface area contributed by atoms with E-state index in [2.05, 4.69) is 0 Å². The van der Waals surface area contributed by atoms with Crippen LogP contribution < -0.4 is 0 Å². The van der Waals surface area contributed by atoms with Crippen molar-refractivity contribution in [3.8, 4) is 0 Å². The zero-order valence-corrected chi connectivity index (χ0v) is 9.84. The molecule has 2 nitrogen and oxygen atoms in total. The van der Waals surface area contributed by atoms with Gasteiger partial charge in [-0.25, -0.2) is 13.2 Å². The van der Waals surface area contributed by atoms with Crippen LogP contribution in [0.4, 0.5) is 13.2 Å². The Balaban J connectivity index is 2.27. The molecular weight excluding hydrogens is 243 g/mol. The molecule has 0 bridgehead atoms. The van der Waals surface area contributed by atoms with Crippen LogP contribution in [0.25, 0.3) is 0 Å². The molecule has 0 radical (unpaired) electrons. The quantitative estimate of drug-likeness (QED) is 0.558. The summed E-state index contributed by atoms with van der Waals surface area (Å²) in [5.41, 5.74) is 0.860. The SMILES string of the molecule is CC1=CCCN(C(=O)c2cc(F)c(F)c(F)c2)C1. The van der Waals surface area contributed by atoms with Crippen molar-refractivity contribution in [2.75, 3.05) is 13.1 Å². The van der Waals surface area contributed by atoms with E-state index in [9.17, 15) is 18.0 Å². The van der Waals surface area contributed by atoms with Crippen molar-refractivity contribution in [2.24, 2.45) is 0 Å². The first-order chi connectivity index (χ1) is 8.49. The Hall–Kier alpha value is -1.78. The average molecular weight is 255 g/mol. The zero-order valence-electron chi connectivity index (χ0n) is 9.84. The maximum atomic E-state index is 13.0. The highest BCUT2D eigenvalue weighted by Crippen LogP contribution is 2.17. The van der Waals surface area contributed by atoms with E-state index in [1.165, 1.54) is 4.90 Å².